The molecule has 0 aromatic carbocycles. The number of hydrogen-bond acceptors (Lipinski definition) is 5. The zero-order valence-corrected chi connectivity index (χ0v) is 12.4. The van der Waals surface area contributed by atoms with Crippen LogP contribution in [0.4, 0.5) is 0 Å². The number of carboxylic acid groups (broad SMARTS) is 1. The minimum atomic E-state index is -0.914. The lowest BCUT2D eigenvalue weighted by Crippen LogP contribution is -2.47. The Balaban J connectivity index is 2.07. The number of aryl methyl sites for hydroxylation is 1. The van der Waals surface area contributed by atoms with Crippen LogP contribution in [0, 0.1) is 12.8 Å². The number of thiazole rings is 1. The largest absolute Gasteiger partial charge is 0.481 e. The van der Waals surface area contributed by atoms with Gasteiger partial charge in [0.25, 0.3) is 0 Å². The van der Waals surface area contributed by atoms with Gasteiger partial charge in [0.15, 0.2) is 0 Å². The number of hydrogen-bond donors (Lipinski definition) is 1. The summed E-state index contributed by atoms with van der Waals surface area (Å²) in [6.45, 7) is 4.66. The van der Waals surface area contributed by atoms with Gasteiger partial charge in [0.2, 0.25) is 5.91 Å². The van der Waals surface area contributed by atoms with E-state index in [1.165, 1.54) is 11.3 Å². The lowest BCUT2D eigenvalue weighted by molar-refractivity contribution is -0.144. The first-order chi connectivity index (χ1) is 9.52. The van der Waals surface area contributed by atoms with E-state index in [1.807, 2.05) is 19.2 Å². The van der Waals surface area contributed by atoms with Crippen LogP contribution >= 0.6 is 11.3 Å². The van der Waals surface area contributed by atoms with E-state index in [0.29, 0.717) is 6.54 Å². The monoisotopic (exact) mass is 298 g/mol. The van der Waals surface area contributed by atoms with E-state index in [4.69, 9.17) is 4.74 Å². The summed E-state index contributed by atoms with van der Waals surface area (Å²) in [5, 5.41) is 12.0. The number of carbonyl (C=O) groups excluding carboxylic acids is 1. The number of nitrogens with zero attached hydrogens (tertiary/aromatic N) is 2. The van der Waals surface area contributed by atoms with Crippen molar-refractivity contribution in [3.63, 3.8) is 0 Å². The van der Waals surface area contributed by atoms with Crippen LogP contribution in [0.2, 0.25) is 0 Å². The van der Waals surface area contributed by atoms with Crippen LogP contribution in [-0.4, -0.2) is 52.7 Å². The number of ether oxygens (including phenoxy) is 1. The zero-order valence-electron chi connectivity index (χ0n) is 11.5. The second kappa shape index (κ2) is 6.32. The molecule has 2 atom stereocenters. The average molecular weight is 298 g/mol. The normalized spacial score (nSPS) is 21.9. The molecule has 1 saturated heterocycles. The highest BCUT2D eigenvalue weighted by atomic mass is 32.1. The summed E-state index contributed by atoms with van der Waals surface area (Å²) in [7, 11) is 0. The van der Waals surface area contributed by atoms with Crippen molar-refractivity contribution >= 4 is 23.2 Å². The highest BCUT2D eigenvalue weighted by molar-refractivity contribution is 7.09. The van der Waals surface area contributed by atoms with E-state index in [1.54, 1.807) is 4.90 Å². The first kappa shape index (κ1) is 14.9. The molecule has 2 rings (SSSR count). The molecule has 2 unspecified atom stereocenters. The fraction of sp³-hybridized carbons (Fsp3) is 0.615. The van der Waals surface area contributed by atoms with Crippen molar-refractivity contribution in [1.82, 2.24) is 9.88 Å². The van der Waals surface area contributed by atoms with Crippen LogP contribution in [0.1, 0.15) is 17.6 Å². The van der Waals surface area contributed by atoms with Crippen LogP contribution < -0.4 is 0 Å². The number of amides is 1. The lowest BCUT2D eigenvalue weighted by Gasteiger charge is -2.29. The van der Waals surface area contributed by atoms with Crippen molar-refractivity contribution in [2.24, 2.45) is 5.92 Å². The van der Waals surface area contributed by atoms with E-state index in [-0.39, 0.29) is 31.6 Å². The molecule has 2 heterocycles. The summed E-state index contributed by atoms with van der Waals surface area (Å²) < 4.78 is 5.23. The van der Waals surface area contributed by atoms with Gasteiger partial charge >= 0.3 is 5.97 Å². The molecule has 0 radical (unpaired) electrons. The molecule has 1 N–H and O–H groups in total. The molecule has 0 bridgehead atoms. The van der Waals surface area contributed by atoms with E-state index in [0.717, 1.165) is 10.7 Å². The van der Waals surface area contributed by atoms with Crippen LogP contribution in [0.15, 0.2) is 5.38 Å². The van der Waals surface area contributed by atoms with Gasteiger partial charge in [0, 0.05) is 11.9 Å². The lowest BCUT2D eigenvalue weighted by atomic mass is 10.0. The highest BCUT2D eigenvalue weighted by Gasteiger charge is 2.39. The van der Waals surface area contributed by atoms with Gasteiger partial charge in [-0.2, -0.15) is 0 Å². The fourth-order valence-electron chi connectivity index (χ4n) is 2.43. The molecular weight excluding hydrogens is 280 g/mol. The number of carboxylic acids is 1. The van der Waals surface area contributed by atoms with E-state index < -0.39 is 11.9 Å². The van der Waals surface area contributed by atoms with Crippen LogP contribution in [0.5, 0.6) is 0 Å². The quantitative estimate of drug-likeness (QED) is 0.875. The van der Waals surface area contributed by atoms with Gasteiger partial charge in [0.1, 0.15) is 5.92 Å². The van der Waals surface area contributed by atoms with Crippen molar-refractivity contribution in [3.8, 4) is 0 Å². The van der Waals surface area contributed by atoms with Crippen LogP contribution in [0.25, 0.3) is 0 Å². The molecular formula is C13H18N2O4S. The Morgan fingerprint density at radius 3 is 2.85 bits per heavy atom. The van der Waals surface area contributed by atoms with Crippen molar-refractivity contribution < 1.29 is 19.4 Å². The first-order valence-electron chi connectivity index (χ1n) is 6.54. The number of aromatic nitrogens is 1. The Bertz CT molecular complexity index is 502. The second-order valence-electron chi connectivity index (χ2n) is 4.76. The van der Waals surface area contributed by atoms with Gasteiger partial charge in [0.05, 0.1) is 36.4 Å². The third-order valence-electron chi connectivity index (χ3n) is 3.43. The Labute approximate surface area is 121 Å². The molecule has 0 aliphatic carbocycles. The Morgan fingerprint density at radius 1 is 1.55 bits per heavy atom. The molecule has 1 aromatic heterocycles. The van der Waals surface area contributed by atoms with Gasteiger partial charge in [-0.3, -0.25) is 9.59 Å². The summed E-state index contributed by atoms with van der Waals surface area (Å²) in [6.07, 6.45) is 0.209. The van der Waals surface area contributed by atoms with Crippen molar-refractivity contribution in [2.75, 3.05) is 19.8 Å². The van der Waals surface area contributed by atoms with Gasteiger partial charge in [-0.15, -0.1) is 11.3 Å². The maximum Gasteiger partial charge on any atom is 0.311 e. The van der Waals surface area contributed by atoms with Crippen molar-refractivity contribution in [3.05, 3.63) is 16.1 Å². The zero-order chi connectivity index (χ0) is 14.7. The first-order valence-corrected chi connectivity index (χ1v) is 7.42. The summed E-state index contributed by atoms with van der Waals surface area (Å²) >= 11 is 1.50. The fourth-order valence-corrected chi connectivity index (χ4v) is 3.04. The minimum absolute atomic E-state index is 0.0976. The molecule has 20 heavy (non-hydrogen) atoms. The molecule has 0 spiro atoms. The predicted molar refractivity (Wildman–Crippen MR) is 73.7 cm³/mol. The third-order valence-corrected chi connectivity index (χ3v) is 4.25. The van der Waals surface area contributed by atoms with E-state index in [2.05, 4.69) is 4.98 Å². The maximum atomic E-state index is 12.4. The van der Waals surface area contributed by atoms with E-state index >= 15 is 0 Å². The second-order valence-corrected chi connectivity index (χ2v) is 5.83. The topological polar surface area (TPSA) is 79.7 Å². The average Bonchev–Trinajstić information content (AvgIpc) is 3.00. The smallest absolute Gasteiger partial charge is 0.311 e. The Hall–Kier alpha value is -1.47. The maximum absolute atomic E-state index is 12.4. The molecule has 0 saturated carbocycles. The molecule has 110 valence electrons. The molecule has 1 amide bonds. The number of likely N-dealkylation sites (N-methyl/N-ethyl adjacent to an activating group) is 1. The van der Waals surface area contributed by atoms with E-state index in [9.17, 15) is 14.7 Å². The number of rotatable bonds is 5. The van der Waals surface area contributed by atoms with Gasteiger partial charge in [-0.05, 0) is 13.8 Å². The number of carbonyl (C=O) groups is 2. The van der Waals surface area contributed by atoms with Gasteiger partial charge < -0.3 is 14.7 Å². The molecule has 1 aliphatic heterocycles. The van der Waals surface area contributed by atoms with Crippen molar-refractivity contribution in [2.45, 2.75) is 26.3 Å². The molecule has 6 nitrogen and oxygen atoms in total. The van der Waals surface area contributed by atoms with Gasteiger partial charge in [-0.1, -0.05) is 0 Å². The molecule has 1 aliphatic rings. The number of aliphatic carboxylic acids is 1. The molecule has 1 fully saturated rings. The van der Waals surface area contributed by atoms with Crippen LogP contribution in [-0.2, 0) is 20.7 Å². The minimum Gasteiger partial charge on any atom is -0.481 e. The molecule has 7 heteroatoms. The standard InChI is InChI=1S/C13H18N2O4S/c1-3-15(11-6-19-5-10(11)13(17)18)12(16)4-9-7-20-8(2)14-9/h7,10-11H,3-6H2,1-2H3,(H,17,18). The summed E-state index contributed by atoms with van der Waals surface area (Å²) in [6, 6.07) is -0.385. The third kappa shape index (κ3) is 3.16. The summed E-state index contributed by atoms with van der Waals surface area (Å²) in [5.74, 6) is -1.65. The molecule has 1 aromatic rings. The van der Waals surface area contributed by atoms with Crippen molar-refractivity contribution in [1.29, 1.82) is 0 Å². The summed E-state index contributed by atoms with van der Waals surface area (Å²) in [5.41, 5.74) is 0.738. The summed E-state index contributed by atoms with van der Waals surface area (Å²) in [4.78, 5) is 29.4. The predicted octanol–water partition coefficient (Wildman–Crippen LogP) is 0.942. The Morgan fingerprint density at radius 2 is 2.30 bits per heavy atom. The Kier molecular flexibility index (Phi) is 4.72. The van der Waals surface area contributed by atoms with Gasteiger partial charge in [-0.25, -0.2) is 4.98 Å². The SMILES string of the molecule is CCN(C(=O)Cc1csc(C)n1)C1COCC1C(=O)O. The highest BCUT2D eigenvalue weighted by Crippen LogP contribution is 2.21. The van der Waals surface area contributed by atoms with Crippen LogP contribution in [0.3, 0.4) is 0 Å².